The molecule has 1 N–H and O–H groups in total. The first-order chi connectivity index (χ1) is 14.4. The number of nitrogens with zero attached hydrogens (tertiary/aromatic N) is 1. The second-order valence-electron chi connectivity index (χ2n) is 7.34. The molecule has 0 fully saturated rings. The Morgan fingerprint density at radius 2 is 1.67 bits per heavy atom. The minimum Gasteiger partial charge on any atom is -0.354 e. The average Bonchev–Trinajstić information content (AvgIpc) is 2.74. The maximum atomic E-state index is 13.2. The van der Waals surface area contributed by atoms with Gasteiger partial charge in [0, 0.05) is 23.3 Å². The van der Waals surface area contributed by atoms with Gasteiger partial charge in [0.2, 0.25) is 11.8 Å². The van der Waals surface area contributed by atoms with E-state index in [1.54, 1.807) is 16.7 Å². The zero-order chi connectivity index (χ0) is 21.9. The van der Waals surface area contributed by atoms with Crippen molar-refractivity contribution in [2.75, 3.05) is 12.3 Å². The zero-order valence-electron chi connectivity index (χ0n) is 18.0. The normalized spacial score (nSPS) is 11.7. The first kappa shape index (κ1) is 24.5. The SMILES string of the molecule is CCCNC(=O)[C@@H](CC)N(Cc1ccc(C)cc1)C(=O)CSCc1ccc(Br)cc1. The fraction of sp³-hybridized carbons (Fsp3) is 0.417. The third-order valence-corrected chi connectivity index (χ3v) is 6.33. The molecule has 0 aromatic heterocycles. The Hall–Kier alpha value is -1.79. The Morgan fingerprint density at radius 1 is 1.03 bits per heavy atom. The highest BCUT2D eigenvalue weighted by Crippen LogP contribution is 2.19. The molecule has 4 nitrogen and oxygen atoms in total. The Balaban J connectivity index is 2.09. The summed E-state index contributed by atoms with van der Waals surface area (Å²) in [5, 5.41) is 2.96. The van der Waals surface area contributed by atoms with E-state index in [9.17, 15) is 9.59 Å². The van der Waals surface area contributed by atoms with E-state index >= 15 is 0 Å². The number of rotatable bonds is 11. The molecule has 2 aromatic rings. The smallest absolute Gasteiger partial charge is 0.242 e. The van der Waals surface area contributed by atoms with Gasteiger partial charge in [-0.1, -0.05) is 71.7 Å². The van der Waals surface area contributed by atoms with E-state index in [4.69, 9.17) is 0 Å². The molecule has 0 saturated carbocycles. The number of aryl methyl sites for hydroxylation is 1. The monoisotopic (exact) mass is 490 g/mol. The lowest BCUT2D eigenvalue weighted by molar-refractivity contribution is -0.139. The van der Waals surface area contributed by atoms with E-state index in [1.165, 1.54) is 11.1 Å². The van der Waals surface area contributed by atoms with Crippen molar-refractivity contribution in [1.29, 1.82) is 0 Å². The van der Waals surface area contributed by atoms with Crippen LogP contribution in [0.15, 0.2) is 53.0 Å². The molecule has 0 bridgehead atoms. The minimum absolute atomic E-state index is 0.00353. The van der Waals surface area contributed by atoms with Crippen molar-refractivity contribution >= 4 is 39.5 Å². The third kappa shape index (κ3) is 7.80. The first-order valence-electron chi connectivity index (χ1n) is 10.4. The van der Waals surface area contributed by atoms with E-state index in [1.807, 2.05) is 57.2 Å². The molecule has 0 aliphatic rings. The summed E-state index contributed by atoms with van der Waals surface area (Å²) in [7, 11) is 0. The fourth-order valence-corrected chi connectivity index (χ4v) is 4.23. The predicted octanol–water partition coefficient (Wildman–Crippen LogP) is 5.32. The second-order valence-corrected chi connectivity index (χ2v) is 9.24. The van der Waals surface area contributed by atoms with Crippen molar-refractivity contribution < 1.29 is 9.59 Å². The number of nitrogens with one attached hydrogen (secondary N) is 1. The lowest BCUT2D eigenvalue weighted by Gasteiger charge is -2.30. The Bertz CT molecular complexity index is 809. The number of carbonyl (C=O) groups excluding carboxylic acids is 2. The largest absolute Gasteiger partial charge is 0.354 e. The van der Waals surface area contributed by atoms with Crippen LogP contribution in [0.4, 0.5) is 0 Å². The van der Waals surface area contributed by atoms with Crippen molar-refractivity contribution in [3.63, 3.8) is 0 Å². The lowest BCUT2D eigenvalue weighted by atomic mass is 10.1. The van der Waals surface area contributed by atoms with Gasteiger partial charge in [0.25, 0.3) is 0 Å². The summed E-state index contributed by atoms with van der Waals surface area (Å²) >= 11 is 5.02. The number of amides is 2. The van der Waals surface area contributed by atoms with Gasteiger partial charge in [-0.3, -0.25) is 9.59 Å². The van der Waals surface area contributed by atoms with E-state index in [-0.39, 0.29) is 11.8 Å². The van der Waals surface area contributed by atoms with Gasteiger partial charge in [0.1, 0.15) is 6.04 Å². The summed E-state index contributed by atoms with van der Waals surface area (Å²) in [4.78, 5) is 27.6. The standard InChI is InChI=1S/C24H31BrN2O2S/c1-4-14-26-24(29)22(5-2)27(15-19-8-6-18(3)7-9-19)23(28)17-30-16-20-10-12-21(25)13-11-20/h6-13,22H,4-5,14-17H2,1-3H3,(H,26,29)/t22-/m1/s1. The van der Waals surface area contributed by atoms with Crippen LogP contribution in [0.3, 0.4) is 0 Å². The van der Waals surface area contributed by atoms with Crippen molar-refractivity contribution in [1.82, 2.24) is 10.2 Å². The summed E-state index contributed by atoms with van der Waals surface area (Å²) in [5.74, 6) is 1.03. The Kier molecular flexibility index (Phi) is 10.4. The Labute approximate surface area is 192 Å². The number of benzene rings is 2. The zero-order valence-corrected chi connectivity index (χ0v) is 20.4. The minimum atomic E-state index is -0.460. The molecule has 2 amide bonds. The van der Waals surface area contributed by atoms with Crippen molar-refractivity contribution in [2.45, 2.75) is 52.0 Å². The van der Waals surface area contributed by atoms with Gasteiger partial charge in [-0.2, -0.15) is 0 Å². The van der Waals surface area contributed by atoms with Crippen LogP contribution in [0.25, 0.3) is 0 Å². The van der Waals surface area contributed by atoms with Gasteiger partial charge in [0.05, 0.1) is 5.75 Å². The van der Waals surface area contributed by atoms with E-state index in [2.05, 4.69) is 33.4 Å². The first-order valence-corrected chi connectivity index (χ1v) is 12.3. The van der Waals surface area contributed by atoms with Crippen LogP contribution in [-0.2, 0) is 21.9 Å². The molecule has 162 valence electrons. The maximum absolute atomic E-state index is 13.2. The highest BCUT2D eigenvalue weighted by atomic mass is 79.9. The van der Waals surface area contributed by atoms with Crippen LogP contribution in [0.1, 0.15) is 43.4 Å². The van der Waals surface area contributed by atoms with Gasteiger partial charge in [-0.05, 0) is 43.0 Å². The number of carbonyl (C=O) groups is 2. The van der Waals surface area contributed by atoms with Crippen LogP contribution in [-0.4, -0.2) is 35.1 Å². The molecule has 0 aliphatic heterocycles. The van der Waals surface area contributed by atoms with Gasteiger partial charge in [0.15, 0.2) is 0 Å². The van der Waals surface area contributed by atoms with E-state index < -0.39 is 6.04 Å². The molecule has 0 spiro atoms. The molecule has 6 heteroatoms. The molecule has 30 heavy (non-hydrogen) atoms. The summed E-state index contributed by atoms with van der Waals surface area (Å²) in [5.41, 5.74) is 3.39. The fourth-order valence-electron chi connectivity index (χ4n) is 3.10. The number of halogens is 1. The van der Waals surface area contributed by atoms with Gasteiger partial charge >= 0.3 is 0 Å². The molecule has 0 radical (unpaired) electrons. The molecule has 0 unspecified atom stereocenters. The lowest BCUT2D eigenvalue weighted by Crippen LogP contribution is -2.49. The topological polar surface area (TPSA) is 49.4 Å². The van der Waals surface area contributed by atoms with Crippen LogP contribution >= 0.6 is 27.7 Å². The summed E-state index contributed by atoms with van der Waals surface area (Å²) < 4.78 is 1.04. The summed E-state index contributed by atoms with van der Waals surface area (Å²) in [6.45, 7) is 7.09. The number of hydrogen-bond acceptors (Lipinski definition) is 3. The molecule has 0 aliphatic carbocycles. The van der Waals surface area contributed by atoms with Gasteiger partial charge in [-0.15, -0.1) is 11.8 Å². The quantitative estimate of drug-likeness (QED) is 0.463. The molecule has 0 saturated heterocycles. The highest BCUT2D eigenvalue weighted by molar-refractivity contribution is 9.10. The number of hydrogen-bond donors (Lipinski definition) is 1. The summed E-state index contributed by atoms with van der Waals surface area (Å²) in [6.07, 6.45) is 1.46. The Morgan fingerprint density at radius 3 is 2.27 bits per heavy atom. The van der Waals surface area contributed by atoms with Crippen molar-refractivity contribution in [3.8, 4) is 0 Å². The molecular weight excluding hydrogens is 460 g/mol. The second kappa shape index (κ2) is 12.8. The third-order valence-electron chi connectivity index (χ3n) is 4.82. The molecule has 2 rings (SSSR count). The molecule has 0 heterocycles. The number of thioether (sulfide) groups is 1. The van der Waals surface area contributed by atoms with Crippen molar-refractivity contribution in [3.05, 3.63) is 69.7 Å². The van der Waals surface area contributed by atoms with E-state index in [0.717, 1.165) is 22.2 Å². The van der Waals surface area contributed by atoms with Gasteiger partial charge < -0.3 is 10.2 Å². The summed E-state index contributed by atoms with van der Waals surface area (Å²) in [6, 6.07) is 15.8. The van der Waals surface area contributed by atoms with Crippen LogP contribution < -0.4 is 5.32 Å². The van der Waals surface area contributed by atoms with Crippen LogP contribution in [0, 0.1) is 6.92 Å². The average molecular weight is 491 g/mol. The van der Waals surface area contributed by atoms with E-state index in [0.29, 0.717) is 25.3 Å². The molecule has 1 atom stereocenters. The molecule has 2 aromatic carbocycles. The predicted molar refractivity (Wildman–Crippen MR) is 129 cm³/mol. The highest BCUT2D eigenvalue weighted by Gasteiger charge is 2.28. The van der Waals surface area contributed by atoms with Gasteiger partial charge in [-0.25, -0.2) is 0 Å². The van der Waals surface area contributed by atoms with Crippen LogP contribution in [0.5, 0.6) is 0 Å². The molecular formula is C24H31BrN2O2S. The van der Waals surface area contributed by atoms with Crippen LogP contribution in [0.2, 0.25) is 0 Å². The van der Waals surface area contributed by atoms with Crippen molar-refractivity contribution in [2.24, 2.45) is 0 Å². The maximum Gasteiger partial charge on any atom is 0.242 e.